The van der Waals surface area contributed by atoms with Gasteiger partial charge < -0.3 is 15.1 Å². The number of carbonyl (C=O) groups is 1. The first kappa shape index (κ1) is 18.2. The second-order valence-corrected chi connectivity index (χ2v) is 7.84. The monoisotopic (exact) mass is 343 g/mol. The highest BCUT2D eigenvalue weighted by Gasteiger charge is 2.24. The predicted octanol–water partition coefficient (Wildman–Crippen LogP) is 3.27. The first-order valence-electron chi connectivity index (χ1n) is 9.92. The topological polar surface area (TPSA) is 35.6 Å². The number of nitrogens with zero attached hydrogens (tertiary/aromatic N) is 2. The van der Waals surface area contributed by atoms with Crippen LogP contribution in [0.2, 0.25) is 0 Å². The van der Waals surface area contributed by atoms with E-state index >= 15 is 0 Å². The van der Waals surface area contributed by atoms with Crippen LogP contribution in [-0.4, -0.2) is 44.0 Å². The van der Waals surface area contributed by atoms with Gasteiger partial charge in [0, 0.05) is 38.8 Å². The van der Waals surface area contributed by atoms with Crippen LogP contribution in [0.25, 0.3) is 0 Å². The molecule has 4 heteroatoms. The van der Waals surface area contributed by atoms with Gasteiger partial charge in [0.15, 0.2) is 0 Å². The first-order chi connectivity index (χ1) is 12.1. The van der Waals surface area contributed by atoms with E-state index in [1.165, 1.54) is 36.9 Å². The molecule has 2 aliphatic rings. The Labute approximate surface area is 152 Å². The highest BCUT2D eigenvalue weighted by Crippen LogP contribution is 2.27. The number of piperidine rings is 1. The molecule has 1 unspecified atom stereocenters. The maximum atomic E-state index is 12.7. The van der Waals surface area contributed by atoms with Gasteiger partial charge in [-0.3, -0.25) is 4.79 Å². The van der Waals surface area contributed by atoms with Crippen molar-refractivity contribution >= 4 is 11.6 Å². The van der Waals surface area contributed by atoms with E-state index in [1.807, 2.05) is 11.9 Å². The van der Waals surface area contributed by atoms with Crippen molar-refractivity contribution in [2.45, 2.75) is 45.6 Å². The SMILES string of the molecule is CC(CC(=O)N(C)Cc1ccccc1N1CCCC1)C1CCNCC1. The number of amides is 1. The molecule has 2 fully saturated rings. The summed E-state index contributed by atoms with van der Waals surface area (Å²) in [7, 11) is 1.96. The fourth-order valence-corrected chi connectivity index (χ4v) is 4.27. The molecule has 25 heavy (non-hydrogen) atoms. The van der Waals surface area contributed by atoms with E-state index in [0.717, 1.165) is 26.2 Å². The predicted molar refractivity (Wildman–Crippen MR) is 104 cm³/mol. The van der Waals surface area contributed by atoms with E-state index in [4.69, 9.17) is 0 Å². The van der Waals surface area contributed by atoms with Crippen LogP contribution in [0.15, 0.2) is 24.3 Å². The molecular formula is C21H33N3O. The van der Waals surface area contributed by atoms with Gasteiger partial charge in [-0.05, 0) is 62.2 Å². The van der Waals surface area contributed by atoms with Crippen LogP contribution in [0.4, 0.5) is 5.69 Å². The van der Waals surface area contributed by atoms with Gasteiger partial charge in [-0.1, -0.05) is 25.1 Å². The van der Waals surface area contributed by atoms with Crippen molar-refractivity contribution in [2.24, 2.45) is 11.8 Å². The molecule has 1 atom stereocenters. The fourth-order valence-electron chi connectivity index (χ4n) is 4.27. The third-order valence-corrected chi connectivity index (χ3v) is 5.96. The zero-order chi connectivity index (χ0) is 17.6. The molecule has 1 N–H and O–H groups in total. The van der Waals surface area contributed by atoms with E-state index in [2.05, 4.69) is 41.4 Å². The van der Waals surface area contributed by atoms with Crippen molar-refractivity contribution < 1.29 is 4.79 Å². The summed E-state index contributed by atoms with van der Waals surface area (Å²) in [5.41, 5.74) is 2.58. The molecule has 0 aromatic heterocycles. The van der Waals surface area contributed by atoms with Gasteiger partial charge in [0.25, 0.3) is 0 Å². The van der Waals surface area contributed by atoms with Crippen molar-refractivity contribution in [2.75, 3.05) is 38.1 Å². The largest absolute Gasteiger partial charge is 0.371 e. The molecule has 0 radical (unpaired) electrons. The highest BCUT2D eigenvalue weighted by molar-refractivity contribution is 5.76. The first-order valence-corrected chi connectivity index (χ1v) is 9.92. The summed E-state index contributed by atoms with van der Waals surface area (Å²) < 4.78 is 0. The maximum Gasteiger partial charge on any atom is 0.222 e. The van der Waals surface area contributed by atoms with Gasteiger partial charge in [0.2, 0.25) is 5.91 Å². The van der Waals surface area contributed by atoms with Gasteiger partial charge in [0.05, 0.1) is 0 Å². The van der Waals surface area contributed by atoms with E-state index in [0.29, 0.717) is 24.8 Å². The fraction of sp³-hybridized carbons (Fsp3) is 0.667. The lowest BCUT2D eigenvalue weighted by atomic mass is 9.84. The van der Waals surface area contributed by atoms with Crippen LogP contribution >= 0.6 is 0 Å². The van der Waals surface area contributed by atoms with Gasteiger partial charge in [0.1, 0.15) is 0 Å². The molecule has 2 heterocycles. The number of hydrogen-bond donors (Lipinski definition) is 1. The van der Waals surface area contributed by atoms with Gasteiger partial charge in [-0.25, -0.2) is 0 Å². The van der Waals surface area contributed by atoms with Crippen LogP contribution in [0, 0.1) is 11.8 Å². The van der Waals surface area contributed by atoms with Gasteiger partial charge in [-0.15, -0.1) is 0 Å². The lowest BCUT2D eigenvalue weighted by Gasteiger charge is -2.29. The molecule has 1 aromatic carbocycles. The minimum absolute atomic E-state index is 0.280. The number of anilines is 1. The number of carbonyl (C=O) groups excluding carboxylic acids is 1. The van der Waals surface area contributed by atoms with Crippen LogP contribution in [0.3, 0.4) is 0 Å². The third kappa shape index (κ3) is 4.75. The van der Waals surface area contributed by atoms with E-state index in [-0.39, 0.29) is 5.91 Å². The van der Waals surface area contributed by atoms with E-state index in [1.54, 1.807) is 0 Å². The molecule has 2 aliphatic heterocycles. The average molecular weight is 344 g/mol. The zero-order valence-corrected chi connectivity index (χ0v) is 15.8. The Balaban J connectivity index is 1.58. The van der Waals surface area contributed by atoms with Crippen molar-refractivity contribution in [1.82, 2.24) is 10.2 Å². The highest BCUT2D eigenvalue weighted by atomic mass is 16.2. The number of hydrogen-bond acceptors (Lipinski definition) is 3. The zero-order valence-electron chi connectivity index (χ0n) is 15.8. The Kier molecular flexibility index (Phi) is 6.35. The third-order valence-electron chi connectivity index (χ3n) is 5.96. The molecule has 2 saturated heterocycles. The molecule has 0 aliphatic carbocycles. The Morgan fingerprint density at radius 3 is 2.64 bits per heavy atom. The molecule has 1 aromatic rings. The summed E-state index contributed by atoms with van der Waals surface area (Å²) in [4.78, 5) is 17.1. The second-order valence-electron chi connectivity index (χ2n) is 7.84. The van der Waals surface area contributed by atoms with Crippen molar-refractivity contribution in [3.8, 4) is 0 Å². The van der Waals surface area contributed by atoms with Crippen molar-refractivity contribution in [3.05, 3.63) is 29.8 Å². The van der Waals surface area contributed by atoms with Gasteiger partial charge in [-0.2, -0.15) is 0 Å². The molecule has 4 nitrogen and oxygen atoms in total. The number of rotatable bonds is 6. The lowest BCUT2D eigenvalue weighted by molar-refractivity contribution is -0.131. The summed E-state index contributed by atoms with van der Waals surface area (Å²) in [5, 5.41) is 3.41. The van der Waals surface area contributed by atoms with Crippen LogP contribution in [-0.2, 0) is 11.3 Å². The molecule has 3 rings (SSSR count). The molecule has 138 valence electrons. The van der Waals surface area contributed by atoms with Crippen LogP contribution < -0.4 is 10.2 Å². The minimum Gasteiger partial charge on any atom is -0.371 e. The number of nitrogens with one attached hydrogen (secondary N) is 1. The summed E-state index contributed by atoms with van der Waals surface area (Å²) in [6.07, 6.45) is 5.63. The van der Waals surface area contributed by atoms with E-state index < -0.39 is 0 Å². The summed E-state index contributed by atoms with van der Waals surface area (Å²) in [6.45, 7) is 7.44. The number of benzene rings is 1. The maximum absolute atomic E-state index is 12.7. The standard InChI is InChI=1S/C21H33N3O/c1-17(18-9-11-22-12-10-18)15-21(25)23(2)16-19-7-3-4-8-20(19)24-13-5-6-14-24/h3-4,7-8,17-18,22H,5-6,9-16H2,1-2H3. The quantitative estimate of drug-likeness (QED) is 0.861. The van der Waals surface area contributed by atoms with Crippen LogP contribution in [0.1, 0.15) is 44.6 Å². The minimum atomic E-state index is 0.280. The average Bonchev–Trinajstić information content (AvgIpc) is 3.17. The molecule has 0 saturated carbocycles. The molecule has 1 amide bonds. The Bertz CT molecular complexity index is 562. The van der Waals surface area contributed by atoms with Gasteiger partial charge >= 0.3 is 0 Å². The second kappa shape index (κ2) is 8.70. The summed E-state index contributed by atoms with van der Waals surface area (Å²) in [5.74, 6) is 1.45. The van der Waals surface area contributed by atoms with Crippen molar-refractivity contribution in [3.63, 3.8) is 0 Å². The summed E-state index contributed by atoms with van der Waals surface area (Å²) >= 11 is 0. The van der Waals surface area contributed by atoms with Crippen molar-refractivity contribution in [1.29, 1.82) is 0 Å². The molecule has 0 spiro atoms. The Morgan fingerprint density at radius 1 is 1.24 bits per heavy atom. The molecular weight excluding hydrogens is 310 g/mol. The smallest absolute Gasteiger partial charge is 0.222 e. The lowest BCUT2D eigenvalue weighted by Crippen LogP contribution is -2.34. The molecule has 0 bridgehead atoms. The van der Waals surface area contributed by atoms with Crippen LogP contribution in [0.5, 0.6) is 0 Å². The summed E-state index contributed by atoms with van der Waals surface area (Å²) in [6, 6.07) is 8.58. The Morgan fingerprint density at radius 2 is 1.92 bits per heavy atom. The number of para-hydroxylation sites is 1. The Hall–Kier alpha value is -1.55. The normalized spacial score (nSPS) is 19.8. The van der Waals surface area contributed by atoms with E-state index in [9.17, 15) is 4.79 Å².